The number of fused-ring (bicyclic) bond motifs is 2. The molecule has 5 heteroatoms. The number of para-hydroxylation sites is 2. The minimum atomic E-state index is 1.01. The molecule has 28 heavy (non-hydrogen) atoms. The highest BCUT2D eigenvalue weighted by molar-refractivity contribution is 7.98. The molecule has 0 aliphatic rings. The molecule has 5 aromatic rings. The Balaban J connectivity index is 1.69. The first-order valence-corrected chi connectivity index (χ1v) is 11.7. The molecule has 0 spiro atoms. The Hall–Kier alpha value is -2.47. The van der Waals surface area contributed by atoms with Crippen LogP contribution in [-0.2, 0) is 0 Å². The van der Waals surface area contributed by atoms with Crippen molar-refractivity contribution in [3.8, 4) is 0 Å². The van der Waals surface area contributed by atoms with Gasteiger partial charge in [0, 0.05) is 10.5 Å². The van der Waals surface area contributed by atoms with Gasteiger partial charge in [-0.3, -0.25) is 0 Å². The van der Waals surface area contributed by atoms with Crippen molar-refractivity contribution < 1.29 is 0 Å². The van der Waals surface area contributed by atoms with Crippen LogP contribution in [0.4, 0.5) is 0 Å². The normalized spacial score (nSPS) is 11.2. The van der Waals surface area contributed by atoms with Crippen LogP contribution in [0.5, 0.6) is 0 Å². The molecular formula is C23H16N2S3. The van der Waals surface area contributed by atoms with Crippen LogP contribution in [0.15, 0.2) is 77.7 Å². The molecule has 136 valence electrons. The summed E-state index contributed by atoms with van der Waals surface area (Å²) in [5.41, 5.74) is 4.31. The molecule has 0 aliphatic carbocycles. The van der Waals surface area contributed by atoms with E-state index in [1.807, 2.05) is 12.1 Å². The van der Waals surface area contributed by atoms with Crippen molar-refractivity contribution in [3.63, 3.8) is 0 Å². The predicted molar refractivity (Wildman–Crippen MR) is 124 cm³/mol. The molecule has 0 N–H and O–H groups in total. The van der Waals surface area contributed by atoms with Crippen LogP contribution in [0.2, 0.25) is 0 Å². The third-order valence-corrected chi connectivity index (χ3v) is 7.36. The summed E-state index contributed by atoms with van der Waals surface area (Å²) in [5, 5.41) is 2.02. The summed E-state index contributed by atoms with van der Waals surface area (Å²) < 4.78 is 2.39. The smallest absolute Gasteiger partial charge is 0.127 e. The standard InChI is InChI=1S/C23H16N2S3/c1-26-16-12-10-15(11-13-16)14-17(22-24-18-6-2-4-8-20(18)27-22)23-25-19-7-3-5-9-21(19)28-23/h2-14H,1H3. The number of rotatable bonds is 4. The van der Waals surface area contributed by atoms with E-state index in [-0.39, 0.29) is 0 Å². The van der Waals surface area contributed by atoms with Crippen LogP contribution in [-0.4, -0.2) is 16.2 Å². The molecule has 0 bridgehead atoms. The SMILES string of the molecule is CSc1ccc(C=C(c2nc3ccccc3s2)c2nc3ccccc3s2)cc1. The molecule has 3 aromatic carbocycles. The Bertz CT molecular complexity index is 1150. The lowest BCUT2D eigenvalue weighted by molar-refractivity contribution is 1.38. The Labute approximate surface area is 175 Å². The van der Waals surface area contributed by atoms with Gasteiger partial charge < -0.3 is 0 Å². The largest absolute Gasteiger partial charge is 0.236 e. The second-order valence-electron chi connectivity index (χ2n) is 6.30. The van der Waals surface area contributed by atoms with Crippen LogP contribution in [0.1, 0.15) is 15.6 Å². The van der Waals surface area contributed by atoms with E-state index in [1.54, 1.807) is 34.4 Å². The van der Waals surface area contributed by atoms with E-state index in [2.05, 4.69) is 73.0 Å². The zero-order chi connectivity index (χ0) is 18.9. The molecule has 0 radical (unpaired) electrons. The molecule has 2 aromatic heterocycles. The summed E-state index contributed by atoms with van der Waals surface area (Å²) >= 11 is 5.19. The highest BCUT2D eigenvalue weighted by Gasteiger charge is 2.15. The zero-order valence-corrected chi connectivity index (χ0v) is 17.6. The van der Waals surface area contributed by atoms with Gasteiger partial charge in [-0.1, -0.05) is 36.4 Å². The molecule has 0 fully saturated rings. The Morgan fingerprint density at radius 3 is 1.79 bits per heavy atom. The van der Waals surface area contributed by atoms with E-state index in [4.69, 9.17) is 9.97 Å². The van der Waals surface area contributed by atoms with Gasteiger partial charge in [-0.2, -0.15) is 0 Å². The number of thiazole rings is 2. The van der Waals surface area contributed by atoms with Crippen LogP contribution in [0, 0.1) is 0 Å². The summed E-state index contributed by atoms with van der Waals surface area (Å²) in [6.07, 6.45) is 4.30. The summed E-state index contributed by atoms with van der Waals surface area (Å²) in [4.78, 5) is 11.1. The molecule has 0 unspecified atom stereocenters. The Kier molecular flexibility index (Phi) is 4.72. The maximum absolute atomic E-state index is 4.90. The second kappa shape index (κ2) is 7.51. The van der Waals surface area contributed by atoms with E-state index < -0.39 is 0 Å². The monoisotopic (exact) mass is 416 g/mol. The number of thioether (sulfide) groups is 1. The quantitative estimate of drug-likeness (QED) is 0.289. The molecule has 5 rings (SSSR count). The van der Waals surface area contributed by atoms with E-state index in [1.165, 1.54) is 14.3 Å². The van der Waals surface area contributed by atoms with Gasteiger partial charge in [0.2, 0.25) is 0 Å². The number of aromatic nitrogens is 2. The van der Waals surface area contributed by atoms with Gasteiger partial charge in [0.05, 0.1) is 20.4 Å². The maximum atomic E-state index is 4.90. The first-order valence-electron chi connectivity index (χ1n) is 8.88. The van der Waals surface area contributed by atoms with Crippen molar-refractivity contribution in [1.82, 2.24) is 9.97 Å². The third kappa shape index (κ3) is 3.37. The molecular weight excluding hydrogens is 400 g/mol. The molecule has 0 amide bonds. The third-order valence-electron chi connectivity index (χ3n) is 4.48. The highest BCUT2D eigenvalue weighted by Crippen LogP contribution is 2.36. The fourth-order valence-electron chi connectivity index (χ4n) is 3.06. The highest BCUT2D eigenvalue weighted by atomic mass is 32.2. The summed E-state index contributed by atoms with van der Waals surface area (Å²) in [5.74, 6) is 0. The lowest BCUT2D eigenvalue weighted by Gasteiger charge is -2.02. The van der Waals surface area contributed by atoms with E-state index in [0.717, 1.165) is 32.2 Å². The molecule has 0 aliphatic heterocycles. The van der Waals surface area contributed by atoms with Crippen LogP contribution in [0.25, 0.3) is 32.1 Å². The minimum Gasteiger partial charge on any atom is -0.236 e. The van der Waals surface area contributed by atoms with E-state index in [0.29, 0.717) is 0 Å². The first kappa shape index (κ1) is 17.6. The zero-order valence-electron chi connectivity index (χ0n) is 15.1. The molecule has 2 nitrogen and oxygen atoms in total. The Morgan fingerprint density at radius 1 is 0.750 bits per heavy atom. The van der Waals surface area contributed by atoms with E-state index >= 15 is 0 Å². The predicted octanol–water partition coefficient (Wildman–Crippen LogP) is 7.22. The minimum absolute atomic E-state index is 1.01. The lowest BCUT2D eigenvalue weighted by Crippen LogP contribution is -1.87. The van der Waals surface area contributed by atoms with Crippen molar-refractivity contribution in [1.29, 1.82) is 0 Å². The van der Waals surface area contributed by atoms with Crippen LogP contribution < -0.4 is 0 Å². The van der Waals surface area contributed by atoms with Gasteiger partial charge in [0.1, 0.15) is 10.0 Å². The summed E-state index contributed by atoms with van der Waals surface area (Å²) in [6, 6.07) is 25.2. The summed E-state index contributed by atoms with van der Waals surface area (Å²) in [7, 11) is 0. The van der Waals surface area contributed by atoms with Gasteiger partial charge in [0.15, 0.2) is 0 Å². The maximum Gasteiger partial charge on any atom is 0.127 e. The fourth-order valence-corrected chi connectivity index (χ4v) is 5.49. The van der Waals surface area contributed by atoms with Crippen molar-refractivity contribution in [3.05, 3.63) is 88.4 Å². The molecule has 0 atom stereocenters. The van der Waals surface area contributed by atoms with Crippen LogP contribution in [0.3, 0.4) is 0 Å². The van der Waals surface area contributed by atoms with Crippen molar-refractivity contribution in [2.24, 2.45) is 0 Å². The number of hydrogen-bond acceptors (Lipinski definition) is 5. The average molecular weight is 417 g/mol. The number of hydrogen-bond donors (Lipinski definition) is 0. The second-order valence-corrected chi connectivity index (χ2v) is 9.25. The summed E-state index contributed by atoms with van der Waals surface area (Å²) in [6.45, 7) is 0. The topological polar surface area (TPSA) is 25.8 Å². The van der Waals surface area contributed by atoms with Crippen molar-refractivity contribution >= 4 is 66.5 Å². The first-order chi connectivity index (χ1) is 13.8. The molecule has 2 heterocycles. The average Bonchev–Trinajstić information content (AvgIpc) is 3.36. The Morgan fingerprint density at radius 2 is 1.29 bits per heavy atom. The molecule has 0 saturated carbocycles. The van der Waals surface area contributed by atoms with Crippen molar-refractivity contribution in [2.75, 3.05) is 6.26 Å². The van der Waals surface area contributed by atoms with Gasteiger partial charge in [-0.15, -0.1) is 34.4 Å². The van der Waals surface area contributed by atoms with Crippen LogP contribution >= 0.6 is 34.4 Å². The van der Waals surface area contributed by atoms with E-state index in [9.17, 15) is 0 Å². The molecule has 0 saturated heterocycles. The van der Waals surface area contributed by atoms with Gasteiger partial charge in [-0.05, 0) is 54.3 Å². The van der Waals surface area contributed by atoms with Gasteiger partial charge in [0.25, 0.3) is 0 Å². The number of nitrogens with zero attached hydrogens (tertiary/aromatic N) is 2. The van der Waals surface area contributed by atoms with Crippen molar-refractivity contribution in [2.45, 2.75) is 4.90 Å². The number of benzene rings is 3. The lowest BCUT2D eigenvalue weighted by atomic mass is 10.1. The van der Waals surface area contributed by atoms with Gasteiger partial charge >= 0.3 is 0 Å². The van der Waals surface area contributed by atoms with Gasteiger partial charge in [-0.25, -0.2) is 9.97 Å². The fraction of sp³-hybridized carbons (Fsp3) is 0.0435.